The zero-order valence-electron chi connectivity index (χ0n) is 7.97. The summed E-state index contributed by atoms with van der Waals surface area (Å²) in [6.45, 7) is 4.10. The van der Waals surface area contributed by atoms with Crippen molar-refractivity contribution < 1.29 is 4.74 Å². The largest absolute Gasteiger partial charge is 0.497 e. The molecule has 0 aliphatic carbocycles. The first-order valence-corrected chi connectivity index (χ1v) is 4.11. The molecule has 0 saturated carbocycles. The van der Waals surface area contributed by atoms with E-state index in [2.05, 4.69) is 16.6 Å². The lowest BCUT2D eigenvalue weighted by molar-refractivity contribution is 0.414. The molecule has 1 rings (SSSR count). The number of nitrogens with zero attached hydrogens (tertiary/aromatic N) is 3. The molecule has 0 spiro atoms. The Morgan fingerprint density at radius 1 is 1.64 bits per heavy atom. The zero-order valence-corrected chi connectivity index (χ0v) is 7.97. The van der Waals surface area contributed by atoms with Crippen LogP contribution >= 0.6 is 0 Å². The molecule has 0 aliphatic heterocycles. The summed E-state index contributed by atoms with van der Waals surface area (Å²) in [7, 11) is 1.61. The molecule has 0 heterocycles. The van der Waals surface area contributed by atoms with Crippen LogP contribution in [0.25, 0.3) is 16.0 Å². The highest BCUT2D eigenvalue weighted by Gasteiger charge is 1.98. The molecule has 0 unspecified atom stereocenters. The van der Waals surface area contributed by atoms with Crippen LogP contribution in [0.15, 0.2) is 36.0 Å². The van der Waals surface area contributed by atoms with Crippen molar-refractivity contribution in [2.75, 3.05) is 13.7 Å². The number of methoxy groups -OCH3 is 1. The van der Waals surface area contributed by atoms with E-state index in [0.717, 1.165) is 16.9 Å². The lowest BCUT2D eigenvalue weighted by atomic mass is 10.1. The second-order valence-corrected chi connectivity index (χ2v) is 2.72. The van der Waals surface area contributed by atoms with Crippen molar-refractivity contribution in [2.45, 2.75) is 0 Å². The third kappa shape index (κ3) is 2.54. The molecule has 0 fully saturated rings. The number of ether oxygens (including phenoxy) is 1. The first-order valence-electron chi connectivity index (χ1n) is 4.11. The van der Waals surface area contributed by atoms with Crippen molar-refractivity contribution in [1.82, 2.24) is 0 Å². The minimum Gasteiger partial charge on any atom is -0.497 e. The summed E-state index contributed by atoms with van der Waals surface area (Å²) in [6, 6.07) is 7.48. The smallest absolute Gasteiger partial charge is 0.119 e. The third-order valence-electron chi connectivity index (χ3n) is 1.80. The molecule has 14 heavy (non-hydrogen) atoms. The van der Waals surface area contributed by atoms with Gasteiger partial charge in [-0.05, 0) is 28.8 Å². The molecule has 0 atom stereocenters. The van der Waals surface area contributed by atoms with Crippen LogP contribution in [0.2, 0.25) is 0 Å². The van der Waals surface area contributed by atoms with E-state index in [4.69, 9.17) is 10.3 Å². The molecule has 0 bridgehead atoms. The van der Waals surface area contributed by atoms with E-state index < -0.39 is 0 Å². The van der Waals surface area contributed by atoms with Gasteiger partial charge in [-0.1, -0.05) is 23.8 Å². The summed E-state index contributed by atoms with van der Waals surface area (Å²) in [5.41, 5.74) is 9.86. The molecule has 4 nitrogen and oxygen atoms in total. The molecule has 0 aromatic heterocycles. The van der Waals surface area contributed by atoms with Crippen molar-refractivity contribution in [3.63, 3.8) is 0 Å². The molecular weight excluding hydrogens is 178 g/mol. The van der Waals surface area contributed by atoms with Gasteiger partial charge in [-0.2, -0.15) is 0 Å². The average Bonchev–Trinajstić information content (AvgIpc) is 2.26. The minimum absolute atomic E-state index is 0.281. The molecule has 1 aromatic carbocycles. The lowest BCUT2D eigenvalue weighted by Gasteiger charge is -2.04. The molecular formula is C10H11N3O. The number of benzene rings is 1. The van der Waals surface area contributed by atoms with Crippen molar-refractivity contribution in [3.05, 3.63) is 46.9 Å². The highest BCUT2D eigenvalue weighted by atomic mass is 16.5. The Labute approximate surface area is 82.4 Å². The molecule has 0 amide bonds. The maximum atomic E-state index is 8.16. The van der Waals surface area contributed by atoms with Crippen molar-refractivity contribution >= 4 is 5.57 Å². The van der Waals surface area contributed by atoms with Gasteiger partial charge >= 0.3 is 0 Å². The van der Waals surface area contributed by atoms with E-state index in [1.807, 2.05) is 24.3 Å². The Morgan fingerprint density at radius 3 is 3.07 bits per heavy atom. The Kier molecular flexibility index (Phi) is 3.58. The van der Waals surface area contributed by atoms with Gasteiger partial charge in [0, 0.05) is 4.91 Å². The number of hydrogen-bond acceptors (Lipinski definition) is 2. The van der Waals surface area contributed by atoms with Crippen LogP contribution < -0.4 is 4.74 Å². The Morgan fingerprint density at radius 2 is 2.43 bits per heavy atom. The third-order valence-corrected chi connectivity index (χ3v) is 1.80. The Hall–Kier alpha value is -1.93. The average molecular weight is 189 g/mol. The van der Waals surface area contributed by atoms with Crippen LogP contribution in [-0.4, -0.2) is 13.7 Å². The van der Waals surface area contributed by atoms with Gasteiger partial charge in [-0.15, -0.1) is 0 Å². The first-order chi connectivity index (χ1) is 6.77. The zero-order chi connectivity index (χ0) is 10.4. The molecule has 0 radical (unpaired) electrons. The van der Waals surface area contributed by atoms with Crippen molar-refractivity contribution in [3.8, 4) is 5.75 Å². The Balaban J connectivity index is 2.84. The van der Waals surface area contributed by atoms with Gasteiger partial charge in [-0.3, -0.25) is 0 Å². The van der Waals surface area contributed by atoms with Crippen LogP contribution in [-0.2, 0) is 0 Å². The number of hydrogen-bond donors (Lipinski definition) is 0. The van der Waals surface area contributed by atoms with Crippen LogP contribution in [0.3, 0.4) is 0 Å². The number of rotatable bonds is 4. The first kappa shape index (κ1) is 10.2. The van der Waals surface area contributed by atoms with Gasteiger partial charge in [0.15, 0.2) is 0 Å². The molecule has 72 valence electrons. The SMILES string of the molecule is C=C(CN=[N+]=[N-])c1cccc(OC)c1. The normalized spacial score (nSPS) is 8.93. The predicted molar refractivity (Wildman–Crippen MR) is 56.0 cm³/mol. The van der Waals surface area contributed by atoms with Crippen LogP contribution in [0.1, 0.15) is 5.56 Å². The van der Waals surface area contributed by atoms with Gasteiger partial charge < -0.3 is 4.74 Å². The van der Waals surface area contributed by atoms with Crippen molar-refractivity contribution in [1.29, 1.82) is 0 Å². The van der Waals surface area contributed by atoms with Gasteiger partial charge in [0.05, 0.1) is 13.7 Å². The molecule has 1 aromatic rings. The maximum Gasteiger partial charge on any atom is 0.119 e. The van der Waals surface area contributed by atoms with Gasteiger partial charge in [0.25, 0.3) is 0 Å². The molecule has 4 heteroatoms. The van der Waals surface area contributed by atoms with E-state index in [1.165, 1.54) is 0 Å². The maximum absolute atomic E-state index is 8.16. The highest BCUT2D eigenvalue weighted by Crippen LogP contribution is 2.18. The fourth-order valence-corrected chi connectivity index (χ4v) is 1.05. The second kappa shape index (κ2) is 4.94. The molecule has 0 aliphatic rings. The quantitative estimate of drug-likeness (QED) is 0.408. The lowest BCUT2D eigenvalue weighted by Crippen LogP contribution is -1.88. The standard InChI is InChI=1S/C10H11N3O/c1-8(7-12-13-11)9-4-3-5-10(6-9)14-2/h3-6H,1,7H2,2H3. The summed E-state index contributed by atoms with van der Waals surface area (Å²) < 4.78 is 5.06. The van der Waals surface area contributed by atoms with Crippen LogP contribution in [0, 0.1) is 0 Å². The summed E-state index contributed by atoms with van der Waals surface area (Å²) in [4.78, 5) is 2.68. The second-order valence-electron chi connectivity index (χ2n) is 2.72. The van der Waals surface area contributed by atoms with Crippen LogP contribution in [0.5, 0.6) is 5.75 Å². The topological polar surface area (TPSA) is 58.0 Å². The van der Waals surface area contributed by atoms with E-state index in [-0.39, 0.29) is 6.54 Å². The van der Waals surface area contributed by atoms with E-state index >= 15 is 0 Å². The fourth-order valence-electron chi connectivity index (χ4n) is 1.05. The van der Waals surface area contributed by atoms with Gasteiger partial charge in [0.1, 0.15) is 5.75 Å². The summed E-state index contributed by atoms with van der Waals surface area (Å²) in [5.74, 6) is 0.768. The van der Waals surface area contributed by atoms with E-state index in [0.29, 0.717) is 0 Å². The Bertz CT molecular complexity index is 381. The van der Waals surface area contributed by atoms with Gasteiger partial charge in [0.2, 0.25) is 0 Å². The minimum atomic E-state index is 0.281. The summed E-state index contributed by atoms with van der Waals surface area (Å²) in [5, 5.41) is 3.44. The summed E-state index contributed by atoms with van der Waals surface area (Å²) >= 11 is 0. The van der Waals surface area contributed by atoms with E-state index in [9.17, 15) is 0 Å². The highest BCUT2D eigenvalue weighted by molar-refractivity contribution is 5.65. The van der Waals surface area contributed by atoms with E-state index in [1.54, 1.807) is 7.11 Å². The predicted octanol–water partition coefficient (Wildman–Crippen LogP) is 3.02. The van der Waals surface area contributed by atoms with Crippen LogP contribution in [0.4, 0.5) is 0 Å². The molecule has 0 saturated heterocycles. The summed E-state index contributed by atoms with van der Waals surface area (Å²) in [6.07, 6.45) is 0. The fraction of sp³-hybridized carbons (Fsp3) is 0.200. The number of azide groups is 1. The molecule has 0 N–H and O–H groups in total. The monoisotopic (exact) mass is 189 g/mol. The van der Waals surface area contributed by atoms with Crippen molar-refractivity contribution in [2.24, 2.45) is 5.11 Å². The van der Waals surface area contributed by atoms with Gasteiger partial charge in [-0.25, -0.2) is 0 Å².